The van der Waals surface area contributed by atoms with Gasteiger partial charge in [0.05, 0.1) is 29.8 Å². The van der Waals surface area contributed by atoms with Crippen LogP contribution in [0.5, 0.6) is 0 Å². The van der Waals surface area contributed by atoms with Crippen LogP contribution < -0.4 is 5.32 Å². The number of anilines is 1. The Morgan fingerprint density at radius 2 is 2.19 bits per heavy atom. The van der Waals surface area contributed by atoms with Gasteiger partial charge in [-0.15, -0.1) is 0 Å². The molecule has 2 rings (SSSR count). The fourth-order valence-electron chi connectivity index (χ4n) is 2.41. The lowest BCUT2D eigenvalue weighted by atomic mass is 9.74. The molecule has 0 amide bonds. The molecule has 114 valence electrons. The molecular weight excluding hydrogens is 274 g/mol. The van der Waals surface area contributed by atoms with Crippen molar-refractivity contribution < 1.29 is 19.4 Å². The van der Waals surface area contributed by atoms with Crippen molar-refractivity contribution in [2.24, 2.45) is 0 Å². The molecule has 2 N–H and O–H groups in total. The SMILES string of the molecule is CCOC(=O)c1cnc(NC2(CC(=O)O)CCC2)nc1C. The lowest BCUT2D eigenvalue weighted by Gasteiger charge is -2.41. The molecule has 7 heteroatoms. The van der Waals surface area contributed by atoms with Crippen molar-refractivity contribution in [2.45, 2.75) is 45.1 Å². The minimum Gasteiger partial charge on any atom is -0.481 e. The molecule has 21 heavy (non-hydrogen) atoms. The highest BCUT2D eigenvalue weighted by atomic mass is 16.5. The molecule has 1 aromatic rings. The van der Waals surface area contributed by atoms with Gasteiger partial charge in [0.2, 0.25) is 5.95 Å². The van der Waals surface area contributed by atoms with Crippen LogP contribution in [0.1, 0.15) is 48.7 Å². The summed E-state index contributed by atoms with van der Waals surface area (Å²) in [7, 11) is 0. The Balaban J connectivity index is 2.13. The first-order valence-electron chi connectivity index (χ1n) is 6.96. The van der Waals surface area contributed by atoms with E-state index in [9.17, 15) is 9.59 Å². The summed E-state index contributed by atoms with van der Waals surface area (Å²) in [6.07, 6.45) is 3.99. The average Bonchev–Trinajstić information content (AvgIpc) is 2.35. The van der Waals surface area contributed by atoms with Gasteiger partial charge >= 0.3 is 11.9 Å². The lowest BCUT2D eigenvalue weighted by Crippen LogP contribution is -2.47. The van der Waals surface area contributed by atoms with Gasteiger partial charge < -0.3 is 15.2 Å². The number of nitrogens with one attached hydrogen (secondary N) is 1. The monoisotopic (exact) mass is 293 g/mol. The van der Waals surface area contributed by atoms with Crippen LogP contribution in [0.15, 0.2) is 6.20 Å². The maximum atomic E-state index is 11.7. The molecule has 0 saturated heterocycles. The summed E-state index contributed by atoms with van der Waals surface area (Å²) >= 11 is 0. The molecular formula is C14H19N3O4. The van der Waals surface area contributed by atoms with E-state index in [4.69, 9.17) is 9.84 Å². The summed E-state index contributed by atoms with van der Waals surface area (Å²) in [5.41, 5.74) is 0.364. The van der Waals surface area contributed by atoms with Crippen LogP contribution in [-0.2, 0) is 9.53 Å². The number of rotatable bonds is 6. The molecule has 0 aliphatic heterocycles. The molecule has 0 radical (unpaired) electrons. The predicted octanol–water partition coefficient (Wildman–Crippen LogP) is 1.77. The first-order chi connectivity index (χ1) is 9.96. The van der Waals surface area contributed by atoms with E-state index in [1.54, 1.807) is 13.8 Å². The van der Waals surface area contributed by atoms with Crippen LogP contribution in [0.4, 0.5) is 5.95 Å². The Morgan fingerprint density at radius 1 is 1.48 bits per heavy atom. The molecule has 1 fully saturated rings. The van der Waals surface area contributed by atoms with Gasteiger partial charge in [0.1, 0.15) is 0 Å². The highest BCUT2D eigenvalue weighted by Crippen LogP contribution is 2.37. The molecule has 0 bridgehead atoms. The van der Waals surface area contributed by atoms with Crippen molar-refractivity contribution in [3.05, 3.63) is 17.5 Å². The number of aryl methyl sites for hydroxylation is 1. The van der Waals surface area contributed by atoms with E-state index in [-0.39, 0.29) is 6.42 Å². The average molecular weight is 293 g/mol. The number of esters is 1. The molecule has 0 aromatic carbocycles. The van der Waals surface area contributed by atoms with E-state index in [0.717, 1.165) is 19.3 Å². The van der Waals surface area contributed by atoms with E-state index in [0.29, 0.717) is 23.8 Å². The second-order valence-corrected chi connectivity index (χ2v) is 5.24. The summed E-state index contributed by atoms with van der Waals surface area (Å²) in [5.74, 6) is -0.950. The maximum Gasteiger partial charge on any atom is 0.341 e. The fraction of sp³-hybridized carbons (Fsp3) is 0.571. The Kier molecular flexibility index (Phi) is 4.40. The Labute approximate surface area is 122 Å². The van der Waals surface area contributed by atoms with Crippen molar-refractivity contribution in [3.63, 3.8) is 0 Å². The number of aliphatic carboxylic acids is 1. The number of ether oxygens (including phenoxy) is 1. The molecule has 1 heterocycles. The van der Waals surface area contributed by atoms with Gasteiger partial charge in [-0.1, -0.05) is 0 Å². The van der Waals surface area contributed by atoms with Gasteiger partial charge in [-0.2, -0.15) is 0 Å². The van der Waals surface area contributed by atoms with Gasteiger partial charge in [-0.3, -0.25) is 4.79 Å². The van der Waals surface area contributed by atoms with E-state index in [2.05, 4.69) is 15.3 Å². The fourth-order valence-corrected chi connectivity index (χ4v) is 2.41. The first kappa shape index (κ1) is 15.2. The third-order valence-electron chi connectivity index (χ3n) is 3.65. The third-order valence-corrected chi connectivity index (χ3v) is 3.65. The number of hydrogen-bond acceptors (Lipinski definition) is 6. The van der Waals surface area contributed by atoms with Crippen molar-refractivity contribution in [2.75, 3.05) is 11.9 Å². The summed E-state index contributed by atoms with van der Waals surface area (Å²) in [6.45, 7) is 3.72. The molecule has 0 atom stereocenters. The number of carbonyl (C=O) groups is 2. The topological polar surface area (TPSA) is 101 Å². The minimum atomic E-state index is -0.845. The van der Waals surface area contributed by atoms with Crippen LogP contribution in [0.3, 0.4) is 0 Å². The molecule has 1 saturated carbocycles. The van der Waals surface area contributed by atoms with Crippen LogP contribution >= 0.6 is 0 Å². The van der Waals surface area contributed by atoms with Gasteiger partial charge in [0.15, 0.2) is 0 Å². The summed E-state index contributed by atoms with van der Waals surface area (Å²) < 4.78 is 4.92. The van der Waals surface area contributed by atoms with Crippen LogP contribution in [0.25, 0.3) is 0 Å². The van der Waals surface area contributed by atoms with Crippen molar-refractivity contribution >= 4 is 17.9 Å². The van der Waals surface area contributed by atoms with E-state index < -0.39 is 17.5 Å². The van der Waals surface area contributed by atoms with Crippen LogP contribution in [0.2, 0.25) is 0 Å². The van der Waals surface area contributed by atoms with Crippen molar-refractivity contribution in [1.82, 2.24) is 9.97 Å². The Morgan fingerprint density at radius 3 is 2.67 bits per heavy atom. The number of hydrogen-bond donors (Lipinski definition) is 2. The summed E-state index contributed by atoms with van der Waals surface area (Å²) in [6, 6.07) is 0. The zero-order chi connectivity index (χ0) is 15.5. The zero-order valence-electron chi connectivity index (χ0n) is 12.2. The van der Waals surface area contributed by atoms with E-state index in [1.807, 2.05) is 0 Å². The highest BCUT2D eigenvalue weighted by Gasteiger charge is 2.39. The number of carboxylic acid groups (broad SMARTS) is 1. The summed E-state index contributed by atoms with van der Waals surface area (Å²) in [4.78, 5) is 30.9. The molecule has 0 spiro atoms. The maximum absolute atomic E-state index is 11.7. The minimum absolute atomic E-state index is 0.0367. The molecule has 1 aromatic heterocycles. The molecule has 1 aliphatic carbocycles. The highest BCUT2D eigenvalue weighted by molar-refractivity contribution is 5.90. The van der Waals surface area contributed by atoms with Crippen molar-refractivity contribution in [3.8, 4) is 0 Å². The third kappa shape index (κ3) is 3.48. The smallest absolute Gasteiger partial charge is 0.341 e. The van der Waals surface area contributed by atoms with Crippen molar-refractivity contribution in [1.29, 1.82) is 0 Å². The number of nitrogens with zero attached hydrogens (tertiary/aromatic N) is 2. The first-order valence-corrected chi connectivity index (χ1v) is 6.96. The number of carboxylic acids is 1. The number of aromatic nitrogens is 2. The normalized spacial score (nSPS) is 15.9. The summed E-state index contributed by atoms with van der Waals surface area (Å²) in [5, 5.41) is 12.1. The van der Waals surface area contributed by atoms with Gasteiger partial charge in [0.25, 0.3) is 0 Å². The van der Waals surface area contributed by atoms with E-state index in [1.165, 1.54) is 6.20 Å². The van der Waals surface area contributed by atoms with Gasteiger partial charge in [-0.05, 0) is 33.1 Å². The lowest BCUT2D eigenvalue weighted by molar-refractivity contribution is -0.138. The standard InChI is InChI=1S/C14H19N3O4/c1-3-21-12(20)10-8-15-13(16-9(10)2)17-14(5-4-6-14)7-11(18)19/h8H,3-7H2,1-2H3,(H,18,19)(H,15,16,17). The molecule has 1 aliphatic rings. The zero-order valence-corrected chi connectivity index (χ0v) is 12.2. The van der Waals surface area contributed by atoms with Gasteiger partial charge in [-0.25, -0.2) is 14.8 Å². The van der Waals surface area contributed by atoms with E-state index >= 15 is 0 Å². The second-order valence-electron chi connectivity index (χ2n) is 5.24. The predicted molar refractivity (Wildman–Crippen MR) is 75.2 cm³/mol. The Hall–Kier alpha value is -2.18. The van der Waals surface area contributed by atoms with Gasteiger partial charge in [0, 0.05) is 6.20 Å². The largest absolute Gasteiger partial charge is 0.481 e. The number of carbonyl (C=O) groups excluding carboxylic acids is 1. The van der Waals surface area contributed by atoms with Crippen LogP contribution in [0, 0.1) is 6.92 Å². The second kappa shape index (κ2) is 6.07. The quantitative estimate of drug-likeness (QED) is 0.771. The molecule has 7 nitrogen and oxygen atoms in total. The molecule has 0 unspecified atom stereocenters. The Bertz CT molecular complexity index is 555. The van der Waals surface area contributed by atoms with Crippen LogP contribution in [-0.4, -0.2) is 39.2 Å².